The predicted octanol–water partition coefficient (Wildman–Crippen LogP) is 2.25. The van der Waals surface area contributed by atoms with Crippen molar-refractivity contribution in [3.8, 4) is 0 Å². The molecule has 2 rings (SSSR count). The Bertz CT molecular complexity index is 459. The van der Waals surface area contributed by atoms with E-state index in [1.807, 2.05) is 0 Å². The molecule has 1 atom stereocenters. The van der Waals surface area contributed by atoms with Crippen LogP contribution >= 0.6 is 0 Å². The highest BCUT2D eigenvalue weighted by Gasteiger charge is 2.23. The van der Waals surface area contributed by atoms with Gasteiger partial charge in [-0.15, -0.1) is 0 Å². The van der Waals surface area contributed by atoms with Crippen molar-refractivity contribution >= 4 is 5.91 Å². The molecule has 0 heterocycles. The third kappa shape index (κ3) is 3.50. The zero-order valence-electron chi connectivity index (χ0n) is 10.5. The van der Waals surface area contributed by atoms with E-state index in [2.05, 4.69) is 5.32 Å². The molecule has 1 amide bonds. The minimum Gasteiger partial charge on any atom is -0.391 e. The van der Waals surface area contributed by atoms with Gasteiger partial charge in [-0.05, 0) is 37.0 Å². The van der Waals surface area contributed by atoms with Crippen molar-refractivity contribution in [3.63, 3.8) is 0 Å². The SMILES string of the molecule is O=C(NCC(O)C1CCCC1)c1ccc(F)c(F)c1. The van der Waals surface area contributed by atoms with E-state index >= 15 is 0 Å². The maximum absolute atomic E-state index is 13.0. The van der Waals surface area contributed by atoms with Crippen molar-refractivity contribution in [3.05, 3.63) is 35.4 Å². The fraction of sp³-hybridized carbons (Fsp3) is 0.500. The molecule has 2 N–H and O–H groups in total. The molecule has 0 spiro atoms. The third-order valence-electron chi connectivity index (χ3n) is 3.60. The molecule has 104 valence electrons. The van der Waals surface area contributed by atoms with Crippen LogP contribution in [0.15, 0.2) is 18.2 Å². The van der Waals surface area contributed by atoms with Crippen LogP contribution in [0.25, 0.3) is 0 Å². The number of rotatable bonds is 4. The fourth-order valence-electron chi connectivity index (χ4n) is 2.45. The molecular formula is C14H17F2NO2. The van der Waals surface area contributed by atoms with Crippen LogP contribution in [0.5, 0.6) is 0 Å². The lowest BCUT2D eigenvalue weighted by Gasteiger charge is -2.18. The number of halogens is 2. The minimum absolute atomic E-state index is 0.0533. The number of aliphatic hydroxyl groups excluding tert-OH is 1. The summed E-state index contributed by atoms with van der Waals surface area (Å²) in [7, 11) is 0. The smallest absolute Gasteiger partial charge is 0.251 e. The van der Waals surface area contributed by atoms with E-state index < -0.39 is 23.6 Å². The second kappa shape index (κ2) is 6.10. The van der Waals surface area contributed by atoms with Crippen LogP contribution in [0.3, 0.4) is 0 Å². The number of benzene rings is 1. The van der Waals surface area contributed by atoms with Gasteiger partial charge in [0.05, 0.1) is 6.10 Å². The number of carbonyl (C=O) groups is 1. The Morgan fingerprint density at radius 2 is 2.00 bits per heavy atom. The highest BCUT2D eigenvalue weighted by molar-refractivity contribution is 5.94. The van der Waals surface area contributed by atoms with Crippen LogP contribution in [0.4, 0.5) is 8.78 Å². The van der Waals surface area contributed by atoms with Crippen LogP contribution in [0.1, 0.15) is 36.0 Å². The van der Waals surface area contributed by atoms with E-state index in [1.165, 1.54) is 6.07 Å². The van der Waals surface area contributed by atoms with Crippen molar-refractivity contribution in [2.24, 2.45) is 5.92 Å². The Hall–Kier alpha value is -1.49. The van der Waals surface area contributed by atoms with E-state index in [-0.39, 0.29) is 18.0 Å². The lowest BCUT2D eigenvalue weighted by atomic mass is 10.0. The number of nitrogens with one attached hydrogen (secondary N) is 1. The van der Waals surface area contributed by atoms with E-state index in [4.69, 9.17) is 0 Å². The molecule has 0 bridgehead atoms. The summed E-state index contributed by atoms with van der Waals surface area (Å²) in [5.74, 6) is -2.31. The molecule has 1 unspecified atom stereocenters. The van der Waals surface area contributed by atoms with Crippen LogP contribution in [0.2, 0.25) is 0 Å². The Labute approximate surface area is 110 Å². The maximum Gasteiger partial charge on any atom is 0.251 e. The summed E-state index contributed by atoms with van der Waals surface area (Å²) in [6, 6.07) is 2.99. The fourth-order valence-corrected chi connectivity index (χ4v) is 2.45. The quantitative estimate of drug-likeness (QED) is 0.880. The first-order valence-corrected chi connectivity index (χ1v) is 6.49. The number of hydrogen-bond acceptors (Lipinski definition) is 2. The Morgan fingerprint density at radius 1 is 1.32 bits per heavy atom. The predicted molar refractivity (Wildman–Crippen MR) is 66.7 cm³/mol. The van der Waals surface area contributed by atoms with Gasteiger partial charge >= 0.3 is 0 Å². The van der Waals surface area contributed by atoms with Crippen molar-refractivity contribution in [1.82, 2.24) is 5.32 Å². The summed E-state index contributed by atoms with van der Waals surface area (Å²) in [4.78, 5) is 11.7. The number of amides is 1. The molecule has 1 aliphatic carbocycles. The van der Waals surface area contributed by atoms with Gasteiger partial charge in [-0.3, -0.25) is 4.79 Å². The van der Waals surface area contributed by atoms with E-state index in [0.29, 0.717) is 0 Å². The molecule has 5 heteroatoms. The zero-order chi connectivity index (χ0) is 13.8. The summed E-state index contributed by atoms with van der Waals surface area (Å²) in [6.07, 6.45) is 3.60. The maximum atomic E-state index is 13.0. The molecule has 0 aliphatic heterocycles. The average molecular weight is 269 g/mol. The highest BCUT2D eigenvalue weighted by atomic mass is 19.2. The van der Waals surface area contributed by atoms with Gasteiger partial charge in [0.25, 0.3) is 5.91 Å². The van der Waals surface area contributed by atoms with Crippen LogP contribution in [-0.2, 0) is 0 Å². The van der Waals surface area contributed by atoms with Crippen molar-refractivity contribution in [2.45, 2.75) is 31.8 Å². The topological polar surface area (TPSA) is 49.3 Å². The van der Waals surface area contributed by atoms with Crippen molar-refractivity contribution < 1.29 is 18.7 Å². The first kappa shape index (κ1) is 13.9. The van der Waals surface area contributed by atoms with Gasteiger partial charge in [-0.2, -0.15) is 0 Å². The lowest BCUT2D eigenvalue weighted by molar-refractivity contribution is 0.0840. The summed E-state index contributed by atoms with van der Waals surface area (Å²) < 4.78 is 25.7. The van der Waals surface area contributed by atoms with Gasteiger partial charge in [-0.1, -0.05) is 12.8 Å². The van der Waals surface area contributed by atoms with Crippen molar-refractivity contribution in [1.29, 1.82) is 0 Å². The lowest BCUT2D eigenvalue weighted by Crippen LogP contribution is -2.35. The summed E-state index contributed by atoms with van der Waals surface area (Å²) in [6.45, 7) is 0.141. The molecule has 19 heavy (non-hydrogen) atoms. The summed E-state index contributed by atoms with van der Waals surface area (Å²) in [5, 5.41) is 12.4. The molecule has 1 aliphatic rings. The molecule has 0 aromatic heterocycles. The van der Waals surface area contributed by atoms with Gasteiger partial charge in [0, 0.05) is 12.1 Å². The molecule has 0 radical (unpaired) electrons. The minimum atomic E-state index is -1.05. The van der Waals surface area contributed by atoms with Crippen molar-refractivity contribution in [2.75, 3.05) is 6.54 Å². The number of carbonyl (C=O) groups excluding carboxylic acids is 1. The highest BCUT2D eigenvalue weighted by Crippen LogP contribution is 2.27. The number of aliphatic hydroxyl groups is 1. The van der Waals surface area contributed by atoms with Gasteiger partial charge in [0.15, 0.2) is 11.6 Å². The van der Waals surface area contributed by atoms with E-state index in [0.717, 1.165) is 37.8 Å². The Morgan fingerprint density at radius 3 is 2.63 bits per heavy atom. The first-order chi connectivity index (χ1) is 9.08. The molecule has 1 aromatic rings. The molecule has 1 fully saturated rings. The first-order valence-electron chi connectivity index (χ1n) is 6.49. The standard InChI is InChI=1S/C14H17F2NO2/c15-11-6-5-10(7-12(11)16)14(19)17-8-13(18)9-3-1-2-4-9/h5-7,9,13,18H,1-4,8H2,(H,17,19). The second-order valence-electron chi connectivity index (χ2n) is 4.95. The van der Waals surface area contributed by atoms with E-state index in [1.54, 1.807) is 0 Å². The molecule has 0 saturated heterocycles. The monoisotopic (exact) mass is 269 g/mol. The van der Waals surface area contributed by atoms with Gasteiger partial charge in [0.2, 0.25) is 0 Å². The van der Waals surface area contributed by atoms with E-state index in [9.17, 15) is 18.7 Å². The molecular weight excluding hydrogens is 252 g/mol. The van der Waals surface area contributed by atoms with Crippen LogP contribution in [-0.4, -0.2) is 23.7 Å². The summed E-state index contributed by atoms with van der Waals surface area (Å²) in [5.41, 5.74) is 0.0533. The third-order valence-corrected chi connectivity index (χ3v) is 3.60. The average Bonchev–Trinajstić information content (AvgIpc) is 2.92. The van der Waals surface area contributed by atoms with Crippen LogP contribution < -0.4 is 5.32 Å². The second-order valence-corrected chi connectivity index (χ2v) is 4.95. The largest absolute Gasteiger partial charge is 0.391 e. The molecule has 1 saturated carbocycles. The van der Waals surface area contributed by atoms with Gasteiger partial charge in [-0.25, -0.2) is 8.78 Å². The molecule has 1 aromatic carbocycles. The summed E-state index contributed by atoms with van der Waals surface area (Å²) >= 11 is 0. The van der Waals surface area contributed by atoms with Gasteiger partial charge < -0.3 is 10.4 Å². The number of hydrogen-bond donors (Lipinski definition) is 2. The molecule has 3 nitrogen and oxygen atoms in total. The normalized spacial score (nSPS) is 17.4. The van der Waals surface area contributed by atoms with Crippen LogP contribution in [0, 0.1) is 17.6 Å². The zero-order valence-corrected chi connectivity index (χ0v) is 10.5. The Kier molecular flexibility index (Phi) is 4.47. The van der Waals surface area contributed by atoms with Gasteiger partial charge in [0.1, 0.15) is 0 Å². The Balaban J connectivity index is 1.88.